The summed E-state index contributed by atoms with van der Waals surface area (Å²) in [6.07, 6.45) is -0.505. The van der Waals surface area contributed by atoms with Crippen LogP contribution in [0.3, 0.4) is 0 Å². The van der Waals surface area contributed by atoms with E-state index in [-0.39, 0.29) is 43.6 Å². The number of hydrogen-bond acceptors (Lipinski definition) is 9. The molecule has 0 aliphatic heterocycles. The predicted octanol–water partition coefficient (Wildman–Crippen LogP) is -1.98. The number of aliphatic imine (C=N–C) groups is 1. The molecule has 5 amide bonds. The topological polar surface area (TPSA) is 293 Å². The molecule has 0 aliphatic rings. The Morgan fingerprint density at radius 2 is 1.17 bits per heavy atom. The number of nitrogens with zero attached hydrogens (tertiary/aromatic N) is 1. The van der Waals surface area contributed by atoms with Crippen LogP contribution in [0.5, 0.6) is 0 Å². The molecule has 17 heteroatoms. The lowest BCUT2D eigenvalue weighted by atomic mass is 9.99. The van der Waals surface area contributed by atoms with Crippen molar-refractivity contribution in [2.24, 2.45) is 39.9 Å². The molecule has 0 aromatic rings. The van der Waals surface area contributed by atoms with Crippen molar-refractivity contribution in [2.75, 3.05) is 6.54 Å². The van der Waals surface area contributed by atoms with Gasteiger partial charge in [-0.1, -0.05) is 41.5 Å². The molecule has 0 rings (SSSR count). The molecule has 7 atom stereocenters. The zero-order valence-electron chi connectivity index (χ0n) is 28.8. The summed E-state index contributed by atoms with van der Waals surface area (Å²) in [5.74, 6) is -5.45. The number of carbonyl (C=O) groups is 6. The molecule has 47 heavy (non-hydrogen) atoms. The fraction of sp³-hybridized carbons (Fsp3) is 0.767. The van der Waals surface area contributed by atoms with Crippen LogP contribution in [0.2, 0.25) is 0 Å². The molecule has 0 spiro atoms. The molecule has 0 aromatic heterocycles. The van der Waals surface area contributed by atoms with Gasteiger partial charge in [0.15, 0.2) is 12.0 Å². The zero-order valence-corrected chi connectivity index (χ0v) is 28.8. The number of guanidine groups is 1. The van der Waals surface area contributed by atoms with E-state index >= 15 is 0 Å². The quantitative estimate of drug-likeness (QED) is 0.0362. The van der Waals surface area contributed by atoms with Gasteiger partial charge in [-0.2, -0.15) is 0 Å². The largest absolute Gasteiger partial charge is 0.480 e. The number of aliphatic carboxylic acids is 1. The predicted molar refractivity (Wildman–Crippen MR) is 176 cm³/mol. The Balaban J connectivity index is 5.95. The lowest BCUT2D eigenvalue weighted by Gasteiger charge is -2.29. The van der Waals surface area contributed by atoms with Gasteiger partial charge in [-0.15, -0.1) is 0 Å². The fourth-order valence-electron chi connectivity index (χ4n) is 4.47. The van der Waals surface area contributed by atoms with E-state index in [1.165, 1.54) is 13.8 Å². The van der Waals surface area contributed by atoms with Crippen molar-refractivity contribution in [1.29, 1.82) is 0 Å². The Morgan fingerprint density at radius 1 is 0.660 bits per heavy atom. The summed E-state index contributed by atoms with van der Waals surface area (Å²) in [6.45, 7) is 13.6. The normalized spacial score (nSPS) is 15.8. The van der Waals surface area contributed by atoms with Gasteiger partial charge in [-0.3, -0.25) is 29.0 Å². The van der Waals surface area contributed by atoms with Gasteiger partial charge in [-0.25, -0.2) is 4.79 Å². The Bertz CT molecular complexity index is 1090. The van der Waals surface area contributed by atoms with Crippen LogP contribution in [0.15, 0.2) is 4.99 Å². The van der Waals surface area contributed by atoms with Crippen LogP contribution in [0.25, 0.3) is 0 Å². The van der Waals surface area contributed by atoms with Crippen molar-refractivity contribution < 1.29 is 39.0 Å². The fourth-order valence-corrected chi connectivity index (χ4v) is 4.47. The number of rotatable bonds is 21. The molecule has 0 radical (unpaired) electrons. The number of hydrogen-bond donors (Lipinski definition) is 10. The highest BCUT2D eigenvalue weighted by Gasteiger charge is 2.34. The van der Waals surface area contributed by atoms with E-state index in [1.54, 1.807) is 27.7 Å². The number of carboxylic acid groups (broad SMARTS) is 1. The van der Waals surface area contributed by atoms with Gasteiger partial charge in [0.25, 0.3) is 0 Å². The molecule has 13 N–H and O–H groups in total. The maximum absolute atomic E-state index is 13.5. The minimum absolute atomic E-state index is 0.0720. The number of amides is 5. The summed E-state index contributed by atoms with van der Waals surface area (Å²) in [7, 11) is 0. The van der Waals surface area contributed by atoms with Crippen LogP contribution in [-0.4, -0.2) is 101 Å². The van der Waals surface area contributed by atoms with Crippen LogP contribution in [0.4, 0.5) is 0 Å². The second-order valence-corrected chi connectivity index (χ2v) is 13.0. The van der Waals surface area contributed by atoms with E-state index in [9.17, 15) is 39.0 Å². The van der Waals surface area contributed by atoms with Crippen molar-refractivity contribution in [2.45, 2.75) is 123 Å². The molecule has 270 valence electrons. The number of nitrogens with one attached hydrogen (secondary N) is 5. The monoisotopic (exact) mass is 671 g/mol. The van der Waals surface area contributed by atoms with Crippen molar-refractivity contribution in [3.8, 4) is 0 Å². The molecule has 0 saturated heterocycles. The molecule has 0 fully saturated rings. The van der Waals surface area contributed by atoms with Crippen LogP contribution in [0, 0.1) is 17.8 Å². The Hall–Kier alpha value is -3.99. The number of nitrogens with two attached hydrogens (primary N) is 3. The first-order chi connectivity index (χ1) is 21.7. The summed E-state index contributed by atoms with van der Waals surface area (Å²) < 4.78 is 0. The summed E-state index contributed by atoms with van der Waals surface area (Å²) in [4.78, 5) is 80.9. The van der Waals surface area contributed by atoms with Crippen LogP contribution in [0.1, 0.15) is 81.1 Å². The standard InChI is InChI=1S/C30H57N9O8/c1-14(2)12-19(31)25(42)35-17(7)24(41)36-20(10-9-11-34-30(32)33)26(43)38-22(16(5)6)28(45)37-21(13-15(3)4)27(44)39-23(18(8)40)29(46)47/h14-23,40H,9-13,31H2,1-8H3,(H,35,42)(H,36,41)(H,37,45)(H,38,43)(H,39,44)(H,46,47)(H4,32,33,34)/t17-,18+,19-,20-,21-,22-,23-/m0/s1. The van der Waals surface area contributed by atoms with Gasteiger partial charge in [-0.05, 0) is 57.3 Å². The highest BCUT2D eigenvalue weighted by molar-refractivity contribution is 5.96. The van der Waals surface area contributed by atoms with Crippen molar-refractivity contribution >= 4 is 41.5 Å². The Kier molecular flexibility index (Phi) is 19.2. The Labute approximate surface area is 277 Å². The van der Waals surface area contributed by atoms with E-state index in [4.69, 9.17) is 17.2 Å². The summed E-state index contributed by atoms with van der Waals surface area (Å²) in [5.41, 5.74) is 16.7. The molecule has 0 heterocycles. The van der Waals surface area contributed by atoms with Crippen LogP contribution >= 0.6 is 0 Å². The third-order valence-electron chi connectivity index (χ3n) is 7.03. The van der Waals surface area contributed by atoms with Gasteiger partial charge in [0.1, 0.15) is 24.2 Å². The van der Waals surface area contributed by atoms with Gasteiger partial charge in [0.05, 0.1) is 12.1 Å². The van der Waals surface area contributed by atoms with Crippen molar-refractivity contribution in [3.63, 3.8) is 0 Å². The maximum Gasteiger partial charge on any atom is 0.328 e. The average Bonchev–Trinajstić information content (AvgIpc) is 2.93. The summed E-state index contributed by atoms with van der Waals surface area (Å²) in [6, 6.07) is -6.96. The SMILES string of the molecule is CC(C)C[C@H](NC(=O)[C@@H](NC(=O)[C@H](CCCN=C(N)N)NC(=O)[C@H](C)NC(=O)[C@@H](N)CC(C)C)C(C)C)C(=O)N[C@H](C(=O)O)[C@@H](C)O. The molecule has 0 aromatic carbocycles. The summed E-state index contributed by atoms with van der Waals surface area (Å²) in [5, 5.41) is 31.8. The number of aliphatic hydroxyl groups excluding tert-OH is 1. The van der Waals surface area contributed by atoms with E-state index in [1.807, 2.05) is 13.8 Å². The molecule has 0 bridgehead atoms. The highest BCUT2D eigenvalue weighted by atomic mass is 16.4. The van der Waals surface area contributed by atoms with Gasteiger partial charge >= 0.3 is 5.97 Å². The first-order valence-electron chi connectivity index (χ1n) is 15.9. The highest BCUT2D eigenvalue weighted by Crippen LogP contribution is 2.10. The van der Waals surface area contributed by atoms with Gasteiger partial charge in [0.2, 0.25) is 29.5 Å². The molecule has 0 aliphatic carbocycles. The van der Waals surface area contributed by atoms with E-state index in [0.29, 0.717) is 6.42 Å². The van der Waals surface area contributed by atoms with Crippen molar-refractivity contribution in [1.82, 2.24) is 26.6 Å². The minimum Gasteiger partial charge on any atom is -0.480 e. The molecule has 0 unspecified atom stereocenters. The molecular formula is C30H57N9O8. The molecule has 0 saturated carbocycles. The van der Waals surface area contributed by atoms with Crippen LogP contribution < -0.4 is 43.8 Å². The Morgan fingerprint density at radius 3 is 1.64 bits per heavy atom. The molecular weight excluding hydrogens is 614 g/mol. The van der Waals surface area contributed by atoms with Gasteiger partial charge in [0, 0.05) is 6.54 Å². The van der Waals surface area contributed by atoms with E-state index in [2.05, 4.69) is 31.6 Å². The average molecular weight is 672 g/mol. The first kappa shape index (κ1) is 43.0. The van der Waals surface area contributed by atoms with Crippen LogP contribution in [-0.2, 0) is 28.8 Å². The second-order valence-electron chi connectivity index (χ2n) is 13.0. The van der Waals surface area contributed by atoms with Crippen molar-refractivity contribution in [3.05, 3.63) is 0 Å². The number of carboxylic acids is 1. The molecule has 17 nitrogen and oxygen atoms in total. The third kappa shape index (κ3) is 16.9. The van der Waals surface area contributed by atoms with E-state index < -0.39 is 83.8 Å². The summed E-state index contributed by atoms with van der Waals surface area (Å²) >= 11 is 0. The smallest absolute Gasteiger partial charge is 0.328 e. The zero-order chi connectivity index (χ0) is 36.6. The number of carbonyl (C=O) groups excluding carboxylic acids is 5. The van der Waals surface area contributed by atoms with Gasteiger partial charge < -0.3 is 54.0 Å². The second kappa shape index (κ2) is 21.0. The minimum atomic E-state index is -1.60. The third-order valence-corrected chi connectivity index (χ3v) is 7.03. The number of aliphatic hydroxyl groups is 1. The lowest BCUT2D eigenvalue weighted by Crippen LogP contribution is -2.60. The van der Waals surface area contributed by atoms with E-state index in [0.717, 1.165) is 0 Å². The maximum atomic E-state index is 13.5. The first-order valence-corrected chi connectivity index (χ1v) is 15.9. The lowest BCUT2D eigenvalue weighted by molar-refractivity contribution is -0.145.